The van der Waals surface area contributed by atoms with Gasteiger partial charge in [-0.3, -0.25) is 9.59 Å². The van der Waals surface area contributed by atoms with Crippen LogP contribution in [0.4, 0.5) is 11.5 Å². The average molecular weight is 427 g/mol. The van der Waals surface area contributed by atoms with Crippen LogP contribution in [0.3, 0.4) is 0 Å². The van der Waals surface area contributed by atoms with E-state index in [2.05, 4.69) is 10.3 Å². The molecule has 3 heterocycles. The molecule has 8 nitrogen and oxygen atoms in total. The Balaban J connectivity index is 1.88. The highest BCUT2D eigenvalue weighted by Gasteiger charge is 2.52. The number of rotatable bonds is 5. The summed E-state index contributed by atoms with van der Waals surface area (Å²) in [4.78, 5) is 29.1. The molecule has 0 unspecified atom stereocenters. The summed E-state index contributed by atoms with van der Waals surface area (Å²) in [6.07, 6.45) is 3.31. The summed E-state index contributed by atoms with van der Waals surface area (Å²) in [5.74, 6) is 0.131. The predicted molar refractivity (Wildman–Crippen MR) is 120 cm³/mol. The highest BCUT2D eigenvalue weighted by molar-refractivity contribution is 6.62. The number of carbonyl (C=O) groups excluding carboxylic acids is 1. The van der Waals surface area contributed by atoms with Gasteiger partial charge in [0.15, 0.2) is 0 Å². The molecule has 0 radical (unpaired) electrons. The van der Waals surface area contributed by atoms with Crippen LogP contribution < -0.4 is 16.3 Å². The van der Waals surface area contributed by atoms with Gasteiger partial charge in [-0.1, -0.05) is 6.07 Å². The van der Waals surface area contributed by atoms with Crippen molar-refractivity contribution in [2.75, 3.05) is 12.4 Å². The molecule has 166 valence electrons. The van der Waals surface area contributed by atoms with Gasteiger partial charge in [-0.15, -0.1) is 0 Å². The van der Waals surface area contributed by atoms with E-state index in [0.717, 1.165) is 5.46 Å². The lowest BCUT2D eigenvalue weighted by molar-refractivity contribution is -0.146. The Morgan fingerprint density at radius 3 is 2.32 bits per heavy atom. The van der Waals surface area contributed by atoms with Crippen LogP contribution in [-0.2, 0) is 31.3 Å². The molecule has 31 heavy (non-hydrogen) atoms. The van der Waals surface area contributed by atoms with Gasteiger partial charge >= 0.3 is 13.1 Å². The zero-order valence-electron chi connectivity index (χ0n) is 19.4. The number of aryl methyl sites for hydroxylation is 1. The first-order valence-corrected chi connectivity index (χ1v) is 10.2. The van der Waals surface area contributed by atoms with Gasteiger partial charge in [0.25, 0.3) is 5.56 Å². The van der Waals surface area contributed by atoms with Crippen molar-refractivity contribution in [3.05, 3.63) is 46.5 Å². The highest BCUT2D eigenvalue weighted by Crippen LogP contribution is 2.36. The van der Waals surface area contributed by atoms with Gasteiger partial charge in [0.2, 0.25) is 0 Å². The minimum absolute atomic E-state index is 0.207. The van der Waals surface area contributed by atoms with E-state index in [-0.39, 0.29) is 11.5 Å². The molecule has 1 aliphatic rings. The molecule has 1 aliphatic heterocycles. The van der Waals surface area contributed by atoms with Gasteiger partial charge in [-0.05, 0) is 59.2 Å². The van der Waals surface area contributed by atoms with Gasteiger partial charge in [0.05, 0.1) is 23.7 Å². The van der Waals surface area contributed by atoms with Crippen LogP contribution in [0, 0.1) is 0 Å². The highest BCUT2D eigenvalue weighted by atomic mass is 16.7. The van der Waals surface area contributed by atoms with E-state index < -0.39 is 23.7 Å². The lowest BCUT2D eigenvalue weighted by Gasteiger charge is -2.32. The van der Waals surface area contributed by atoms with E-state index in [4.69, 9.17) is 14.0 Å². The molecule has 0 atom stereocenters. The first-order chi connectivity index (χ1) is 14.3. The van der Waals surface area contributed by atoms with E-state index >= 15 is 0 Å². The van der Waals surface area contributed by atoms with Crippen LogP contribution in [-0.4, -0.2) is 41.0 Å². The molecule has 0 saturated carbocycles. The summed E-state index contributed by atoms with van der Waals surface area (Å²) in [5, 5.41) is 3.07. The van der Waals surface area contributed by atoms with Crippen LogP contribution in [0.5, 0.6) is 0 Å². The maximum absolute atomic E-state index is 12.7. The summed E-state index contributed by atoms with van der Waals surface area (Å²) < 4.78 is 18.6. The molecule has 0 amide bonds. The first-order valence-electron chi connectivity index (χ1n) is 10.2. The standard InChI is InChI=1S/C22H30BN3O5/c1-20(2,19(28)29-8)14-9-10-17(24-12-14)25-16-11-15(13-26(7)18(16)27)23-30-21(3,4)22(5,6)31-23/h9-13H,1-8H3,(H,24,25). The molecule has 0 aromatic carbocycles. The maximum Gasteiger partial charge on any atom is 0.496 e. The van der Waals surface area contributed by atoms with Crippen LogP contribution in [0.25, 0.3) is 0 Å². The van der Waals surface area contributed by atoms with Crippen molar-refractivity contribution in [3.63, 3.8) is 0 Å². The molecule has 2 aromatic heterocycles. The molecular formula is C22H30BN3O5. The number of esters is 1. The zero-order chi connectivity index (χ0) is 23.2. The maximum atomic E-state index is 12.7. The van der Waals surface area contributed by atoms with Crippen molar-refractivity contribution in [1.82, 2.24) is 9.55 Å². The van der Waals surface area contributed by atoms with Crippen LogP contribution in [0.15, 0.2) is 35.4 Å². The van der Waals surface area contributed by atoms with Crippen molar-refractivity contribution in [1.29, 1.82) is 0 Å². The second-order valence-corrected chi connectivity index (χ2v) is 9.37. The van der Waals surface area contributed by atoms with E-state index in [1.165, 1.54) is 11.7 Å². The van der Waals surface area contributed by atoms with Crippen LogP contribution in [0.1, 0.15) is 47.1 Å². The number of hydrogen-bond acceptors (Lipinski definition) is 7. The number of nitrogens with one attached hydrogen (secondary N) is 1. The van der Waals surface area contributed by atoms with E-state index in [1.807, 2.05) is 27.7 Å². The largest absolute Gasteiger partial charge is 0.496 e. The lowest BCUT2D eigenvalue weighted by Crippen LogP contribution is -2.41. The van der Waals surface area contributed by atoms with Crippen LogP contribution in [0.2, 0.25) is 0 Å². The molecule has 3 rings (SSSR count). The lowest BCUT2D eigenvalue weighted by atomic mass is 9.80. The van der Waals surface area contributed by atoms with Gasteiger partial charge < -0.3 is 23.9 Å². The second-order valence-electron chi connectivity index (χ2n) is 9.37. The van der Waals surface area contributed by atoms with E-state index in [9.17, 15) is 9.59 Å². The van der Waals surface area contributed by atoms with Crippen molar-refractivity contribution in [2.45, 2.75) is 58.2 Å². The van der Waals surface area contributed by atoms with Crippen LogP contribution >= 0.6 is 0 Å². The summed E-state index contributed by atoms with van der Waals surface area (Å²) in [5.41, 5.74) is -0.209. The van der Waals surface area contributed by atoms with Crippen molar-refractivity contribution in [2.24, 2.45) is 7.05 Å². The Hall–Kier alpha value is -2.65. The summed E-state index contributed by atoms with van der Waals surface area (Å²) in [6, 6.07) is 5.23. The fourth-order valence-corrected chi connectivity index (χ4v) is 3.28. The van der Waals surface area contributed by atoms with E-state index in [1.54, 1.807) is 51.5 Å². The Bertz CT molecular complexity index is 1030. The molecular weight excluding hydrogens is 397 g/mol. The van der Waals surface area contributed by atoms with Gasteiger partial charge in [0.1, 0.15) is 11.5 Å². The Labute approximate surface area is 183 Å². The molecule has 1 N–H and O–H groups in total. The topological polar surface area (TPSA) is 91.7 Å². The van der Waals surface area contributed by atoms with Gasteiger partial charge in [-0.25, -0.2) is 4.98 Å². The quantitative estimate of drug-likeness (QED) is 0.578. The fraction of sp³-hybridized carbons (Fsp3) is 0.500. The van der Waals surface area contributed by atoms with E-state index in [0.29, 0.717) is 17.1 Å². The first kappa shape index (κ1) is 23.0. The molecule has 0 bridgehead atoms. The normalized spacial score (nSPS) is 17.5. The number of anilines is 2. The summed E-state index contributed by atoms with van der Waals surface area (Å²) in [6.45, 7) is 11.5. The third-order valence-electron chi connectivity index (χ3n) is 6.17. The number of carbonyl (C=O) groups is 1. The molecule has 2 aromatic rings. The zero-order valence-corrected chi connectivity index (χ0v) is 19.4. The summed E-state index contributed by atoms with van der Waals surface area (Å²) >= 11 is 0. The second kappa shape index (κ2) is 7.80. The molecule has 1 saturated heterocycles. The van der Waals surface area contributed by atoms with Crippen molar-refractivity contribution < 1.29 is 18.8 Å². The minimum atomic E-state index is -0.826. The fourth-order valence-electron chi connectivity index (χ4n) is 3.28. The molecule has 0 spiro atoms. The van der Waals surface area contributed by atoms with Gasteiger partial charge in [0, 0.05) is 24.9 Å². The average Bonchev–Trinajstić information content (AvgIpc) is 2.92. The smallest absolute Gasteiger partial charge is 0.468 e. The molecule has 0 aliphatic carbocycles. The third kappa shape index (κ3) is 4.25. The Kier molecular flexibility index (Phi) is 5.79. The molecule has 1 fully saturated rings. The SMILES string of the molecule is COC(=O)C(C)(C)c1ccc(Nc2cc(B3OC(C)(C)C(C)(C)O3)cn(C)c2=O)nc1. The number of nitrogens with zero attached hydrogens (tertiary/aromatic N) is 2. The summed E-state index contributed by atoms with van der Waals surface area (Å²) in [7, 11) is 2.45. The number of hydrogen-bond donors (Lipinski definition) is 1. The number of methoxy groups -OCH3 is 1. The minimum Gasteiger partial charge on any atom is -0.468 e. The van der Waals surface area contributed by atoms with Gasteiger partial charge in [-0.2, -0.15) is 0 Å². The Morgan fingerprint density at radius 2 is 1.81 bits per heavy atom. The van der Waals surface area contributed by atoms with Crippen molar-refractivity contribution in [3.8, 4) is 0 Å². The third-order valence-corrected chi connectivity index (χ3v) is 6.17. The monoisotopic (exact) mass is 427 g/mol. The predicted octanol–water partition coefficient (Wildman–Crippen LogP) is 2.27. The Morgan fingerprint density at radius 1 is 1.19 bits per heavy atom. The number of pyridine rings is 2. The number of ether oxygens (including phenoxy) is 1. The van der Waals surface area contributed by atoms with Crippen molar-refractivity contribution >= 4 is 30.1 Å². The number of aromatic nitrogens is 2. The molecule has 9 heteroatoms.